The fourth-order valence-electron chi connectivity index (χ4n) is 1.63. The number of aromatic nitrogens is 1. The van der Waals surface area contributed by atoms with Crippen LogP contribution in [0.1, 0.15) is 10.5 Å². The van der Waals surface area contributed by atoms with E-state index in [2.05, 4.69) is 5.32 Å². The van der Waals surface area contributed by atoms with Gasteiger partial charge in [0.15, 0.2) is 0 Å². The molecule has 7 heteroatoms. The largest absolute Gasteiger partial charge is 0.340 e. The lowest BCUT2D eigenvalue weighted by atomic mass is 10.3. The van der Waals surface area contributed by atoms with Crippen molar-refractivity contribution >= 4 is 28.9 Å². The van der Waals surface area contributed by atoms with Crippen LogP contribution in [-0.4, -0.2) is 15.4 Å². The van der Waals surface area contributed by atoms with Gasteiger partial charge in [0.05, 0.1) is 11.1 Å². The van der Waals surface area contributed by atoms with Gasteiger partial charge in [-0.05, 0) is 18.2 Å². The van der Waals surface area contributed by atoms with Crippen LogP contribution >= 0.6 is 11.6 Å². The molecule has 19 heavy (non-hydrogen) atoms. The van der Waals surface area contributed by atoms with Gasteiger partial charge in [0.25, 0.3) is 11.6 Å². The fraction of sp³-hybridized carbons (Fsp3) is 0.0833. The molecule has 0 saturated carbocycles. The number of benzene rings is 1. The summed E-state index contributed by atoms with van der Waals surface area (Å²) >= 11 is 5.81. The van der Waals surface area contributed by atoms with Gasteiger partial charge in [-0.2, -0.15) is 0 Å². The summed E-state index contributed by atoms with van der Waals surface area (Å²) in [5.74, 6) is -0.433. The summed E-state index contributed by atoms with van der Waals surface area (Å²) in [6.45, 7) is 0. The average Bonchev–Trinajstić information content (AvgIpc) is 2.71. The number of carbonyl (C=O) groups excluding carboxylic acids is 1. The summed E-state index contributed by atoms with van der Waals surface area (Å²) in [6.07, 6.45) is 1.28. The van der Waals surface area contributed by atoms with E-state index in [0.29, 0.717) is 10.7 Å². The predicted octanol–water partition coefficient (Wildman–Crippen LogP) is 2.84. The first kappa shape index (κ1) is 13.1. The zero-order valence-corrected chi connectivity index (χ0v) is 10.7. The van der Waals surface area contributed by atoms with Crippen LogP contribution in [0.25, 0.3) is 0 Å². The van der Waals surface area contributed by atoms with Crippen molar-refractivity contribution in [2.45, 2.75) is 0 Å². The van der Waals surface area contributed by atoms with Crippen molar-refractivity contribution in [1.82, 2.24) is 4.57 Å². The highest BCUT2D eigenvalue weighted by Gasteiger charge is 2.17. The van der Waals surface area contributed by atoms with E-state index in [1.54, 1.807) is 31.3 Å². The van der Waals surface area contributed by atoms with Gasteiger partial charge in [0, 0.05) is 23.8 Å². The molecule has 0 atom stereocenters. The molecule has 1 aromatic carbocycles. The van der Waals surface area contributed by atoms with Crippen molar-refractivity contribution in [3.8, 4) is 0 Å². The van der Waals surface area contributed by atoms with Crippen LogP contribution in [-0.2, 0) is 7.05 Å². The standard InChI is InChI=1S/C12H10ClN3O3/c1-15-7-10(16(18)19)6-11(15)12(17)14-9-4-2-3-8(13)5-9/h2-7H,1H3,(H,14,17). The maximum atomic E-state index is 12.0. The first-order valence-electron chi connectivity index (χ1n) is 5.35. The van der Waals surface area contributed by atoms with Crippen LogP contribution in [0.3, 0.4) is 0 Å². The van der Waals surface area contributed by atoms with Crippen molar-refractivity contribution < 1.29 is 9.72 Å². The Morgan fingerprint density at radius 3 is 2.74 bits per heavy atom. The Bertz CT molecular complexity index is 651. The molecular formula is C12H10ClN3O3. The van der Waals surface area contributed by atoms with Crippen LogP contribution in [0.4, 0.5) is 11.4 Å². The lowest BCUT2D eigenvalue weighted by Crippen LogP contribution is -2.15. The third-order valence-corrected chi connectivity index (χ3v) is 2.75. The highest BCUT2D eigenvalue weighted by Crippen LogP contribution is 2.18. The summed E-state index contributed by atoms with van der Waals surface area (Å²) < 4.78 is 1.40. The van der Waals surface area contributed by atoms with E-state index >= 15 is 0 Å². The molecule has 0 unspecified atom stereocenters. The molecule has 1 aromatic heterocycles. The summed E-state index contributed by atoms with van der Waals surface area (Å²) in [6, 6.07) is 7.88. The van der Waals surface area contributed by atoms with Crippen LogP contribution in [0.5, 0.6) is 0 Å². The predicted molar refractivity (Wildman–Crippen MR) is 71.5 cm³/mol. The van der Waals surface area contributed by atoms with Crippen molar-refractivity contribution in [2.75, 3.05) is 5.32 Å². The molecule has 0 spiro atoms. The van der Waals surface area contributed by atoms with Crippen molar-refractivity contribution in [1.29, 1.82) is 0 Å². The average molecular weight is 280 g/mol. The Morgan fingerprint density at radius 2 is 2.16 bits per heavy atom. The van der Waals surface area contributed by atoms with Crippen molar-refractivity contribution in [3.63, 3.8) is 0 Å². The minimum atomic E-state index is -0.545. The van der Waals surface area contributed by atoms with E-state index < -0.39 is 10.8 Å². The normalized spacial score (nSPS) is 10.2. The Morgan fingerprint density at radius 1 is 1.42 bits per heavy atom. The van der Waals surface area contributed by atoms with Gasteiger partial charge in [-0.25, -0.2) is 0 Å². The van der Waals surface area contributed by atoms with Crippen molar-refractivity contribution in [3.05, 3.63) is 57.4 Å². The number of amides is 1. The van der Waals surface area contributed by atoms with E-state index in [0.717, 1.165) is 0 Å². The number of hydrogen-bond donors (Lipinski definition) is 1. The van der Waals surface area contributed by atoms with E-state index in [4.69, 9.17) is 11.6 Å². The second kappa shape index (κ2) is 5.11. The van der Waals surface area contributed by atoms with Gasteiger partial charge in [0.2, 0.25) is 0 Å². The molecule has 0 bridgehead atoms. The first-order chi connectivity index (χ1) is 8.97. The van der Waals surface area contributed by atoms with Crippen LogP contribution in [0.2, 0.25) is 5.02 Å². The van der Waals surface area contributed by atoms with Gasteiger partial charge >= 0.3 is 0 Å². The number of rotatable bonds is 3. The molecule has 0 aliphatic heterocycles. The Balaban J connectivity index is 2.23. The third kappa shape index (κ3) is 2.92. The van der Waals surface area contributed by atoms with Gasteiger partial charge in [-0.3, -0.25) is 14.9 Å². The van der Waals surface area contributed by atoms with Gasteiger partial charge < -0.3 is 9.88 Å². The fourth-order valence-corrected chi connectivity index (χ4v) is 1.82. The summed E-state index contributed by atoms with van der Waals surface area (Å²) in [5, 5.41) is 13.8. The van der Waals surface area contributed by atoms with E-state index in [1.807, 2.05) is 0 Å². The molecule has 1 amide bonds. The highest BCUT2D eigenvalue weighted by molar-refractivity contribution is 6.30. The molecular weight excluding hydrogens is 270 g/mol. The molecule has 1 heterocycles. The molecule has 0 aliphatic carbocycles. The molecule has 2 rings (SSSR count). The van der Waals surface area contributed by atoms with E-state index in [-0.39, 0.29) is 11.4 Å². The van der Waals surface area contributed by atoms with Gasteiger partial charge in [-0.1, -0.05) is 17.7 Å². The summed E-state index contributed by atoms with van der Waals surface area (Å²) in [5.41, 5.74) is 0.603. The van der Waals surface area contributed by atoms with Gasteiger partial charge in [0.1, 0.15) is 5.69 Å². The molecule has 6 nitrogen and oxygen atoms in total. The number of halogens is 1. The summed E-state index contributed by atoms with van der Waals surface area (Å²) in [7, 11) is 1.57. The lowest BCUT2D eigenvalue weighted by Gasteiger charge is -2.05. The first-order valence-corrected chi connectivity index (χ1v) is 5.73. The number of nitrogens with one attached hydrogen (secondary N) is 1. The quantitative estimate of drug-likeness (QED) is 0.693. The number of anilines is 1. The molecule has 0 radical (unpaired) electrons. The van der Waals surface area contributed by atoms with Crippen LogP contribution in [0, 0.1) is 10.1 Å². The maximum Gasteiger partial charge on any atom is 0.287 e. The SMILES string of the molecule is Cn1cc([N+](=O)[O-])cc1C(=O)Nc1cccc(Cl)c1. The van der Waals surface area contributed by atoms with Crippen molar-refractivity contribution in [2.24, 2.45) is 7.05 Å². The Hall–Kier alpha value is -2.34. The minimum absolute atomic E-state index is 0.126. The number of carbonyl (C=O) groups is 1. The zero-order valence-electron chi connectivity index (χ0n) is 9.96. The second-order valence-electron chi connectivity index (χ2n) is 3.92. The third-order valence-electron chi connectivity index (χ3n) is 2.52. The molecule has 0 saturated heterocycles. The number of nitro groups is 1. The lowest BCUT2D eigenvalue weighted by molar-refractivity contribution is -0.384. The Labute approximate surface area is 113 Å². The maximum absolute atomic E-state index is 12.0. The number of aryl methyl sites for hydroxylation is 1. The van der Waals surface area contributed by atoms with E-state index in [9.17, 15) is 14.9 Å². The van der Waals surface area contributed by atoms with Crippen LogP contribution in [0.15, 0.2) is 36.5 Å². The number of nitrogens with zero attached hydrogens (tertiary/aromatic N) is 2. The Kier molecular flexibility index (Phi) is 3.52. The topological polar surface area (TPSA) is 77.2 Å². The highest BCUT2D eigenvalue weighted by atomic mass is 35.5. The van der Waals surface area contributed by atoms with Crippen LogP contribution < -0.4 is 5.32 Å². The summed E-state index contributed by atoms with van der Waals surface area (Å²) in [4.78, 5) is 22.1. The van der Waals surface area contributed by atoms with E-state index in [1.165, 1.54) is 16.8 Å². The zero-order chi connectivity index (χ0) is 14.0. The monoisotopic (exact) mass is 279 g/mol. The van der Waals surface area contributed by atoms with Gasteiger partial charge in [-0.15, -0.1) is 0 Å². The molecule has 2 aromatic rings. The smallest absolute Gasteiger partial charge is 0.287 e. The molecule has 98 valence electrons. The molecule has 1 N–H and O–H groups in total. The molecule has 0 fully saturated rings. The molecule has 0 aliphatic rings. The number of hydrogen-bond acceptors (Lipinski definition) is 3. The second-order valence-corrected chi connectivity index (χ2v) is 4.35. The minimum Gasteiger partial charge on any atom is -0.340 e.